The van der Waals surface area contributed by atoms with E-state index in [-0.39, 0.29) is 5.91 Å². The molecule has 0 atom stereocenters. The minimum atomic E-state index is 0.135. The maximum Gasteiger partial charge on any atom is 0.254 e. The fourth-order valence-corrected chi connectivity index (χ4v) is 3.45. The van der Waals surface area contributed by atoms with E-state index in [1.54, 1.807) is 6.07 Å². The summed E-state index contributed by atoms with van der Waals surface area (Å²) in [5.41, 5.74) is 8.68. The Hall–Kier alpha value is -1.55. The summed E-state index contributed by atoms with van der Waals surface area (Å²) in [6.07, 6.45) is 3.49. The molecule has 1 aromatic rings. The van der Waals surface area contributed by atoms with Crippen molar-refractivity contribution in [1.82, 2.24) is 10.2 Å². The smallest absolute Gasteiger partial charge is 0.254 e. The van der Waals surface area contributed by atoms with Gasteiger partial charge in [-0.3, -0.25) is 4.79 Å². The van der Waals surface area contributed by atoms with Gasteiger partial charge in [-0.2, -0.15) is 0 Å². The molecule has 0 bridgehead atoms. The summed E-state index contributed by atoms with van der Waals surface area (Å²) in [6.45, 7) is 5.96. The number of likely N-dealkylation sites (tertiary alicyclic amines) is 1. The first-order valence-corrected chi connectivity index (χ1v) is 7.46. The van der Waals surface area contributed by atoms with Crippen LogP contribution in [0, 0.1) is 12.3 Å². The molecule has 108 valence electrons. The first-order chi connectivity index (χ1) is 9.60. The molecule has 1 spiro atoms. The van der Waals surface area contributed by atoms with Crippen molar-refractivity contribution in [2.45, 2.75) is 26.2 Å². The number of rotatable bonds is 1. The monoisotopic (exact) mass is 273 g/mol. The summed E-state index contributed by atoms with van der Waals surface area (Å²) in [4.78, 5) is 14.6. The Labute approximate surface area is 120 Å². The number of carbonyl (C=O) groups excluding carboxylic acids is 1. The highest BCUT2D eigenvalue weighted by atomic mass is 16.2. The quantitative estimate of drug-likeness (QED) is 0.767. The van der Waals surface area contributed by atoms with Crippen LogP contribution in [0.15, 0.2) is 18.2 Å². The average molecular weight is 273 g/mol. The van der Waals surface area contributed by atoms with Crippen LogP contribution >= 0.6 is 0 Å². The lowest BCUT2D eigenvalue weighted by Crippen LogP contribution is -2.44. The van der Waals surface area contributed by atoms with Gasteiger partial charge in [0.25, 0.3) is 5.91 Å². The summed E-state index contributed by atoms with van der Waals surface area (Å²) in [5.74, 6) is 0.135. The summed E-state index contributed by atoms with van der Waals surface area (Å²) in [5, 5.41) is 3.46. The molecule has 0 saturated carbocycles. The van der Waals surface area contributed by atoms with Crippen molar-refractivity contribution in [2.75, 3.05) is 31.9 Å². The maximum absolute atomic E-state index is 12.6. The first kappa shape index (κ1) is 13.4. The van der Waals surface area contributed by atoms with E-state index >= 15 is 0 Å². The lowest BCUT2D eigenvalue weighted by atomic mass is 9.77. The van der Waals surface area contributed by atoms with Gasteiger partial charge in [0.1, 0.15) is 0 Å². The number of nitrogens with zero attached hydrogens (tertiary/aromatic N) is 1. The highest BCUT2D eigenvalue weighted by molar-refractivity contribution is 5.96. The molecule has 2 heterocycles. The van der Waals surface area contributed by atoms with Gasteiger partial charge < -0.3 is 16.0 Å². The van der Waals surface area contributed by atoms with Gasteiger partial charge in [0.05, 0.1) is 0 Å². The average Bonchev–Trinajstić information content (AvgIpc) is 2.90. The van der Waals surface area contributed by atoms with Gasteiger partial charge >= 0.3 is 0 Å². The van der Waals surface area contributed by atoms with Gasteiger partial charge in [0, 0.05) is 30.9 Å². The molecule has 0 radical (unpaired) electrons. The predicted molar refractivity (Wildman–Crippen MR) is 80.6 cm³/mol. The van der Waals surface area contributed by atoms with Crippen LogP contribution in [-0.4, -0.2) is 37.0 Å². The number of amides is 1. The van der Waals surface area contributed by atoms with E-state index in [1.165, 1.54) is 6.42 Å². The zero-order valence-corrected chi connectivity index (χ0v) is 12.1. The summed E-state index contributed by atoms with van der Waals surface area (Å²) in [7, 11) is 0. The Balaban J connectivity index is 1.71. The lowest BCUT2D eigenvalue weighted by Gasteiger charge is -2.39. The topological polar surface area (TPSA) is 58.4 Å². The van der Waals surface area contributed by atoms with Crippen molar-refractivity contribution in [3.63, 3.8) is 0 Å². The first-order valence-electron chi connectivity index (χ1n) is 7.46. The predicted octanol–water partition coefficient (Wildman–Crippen LogP) is 1.79. The van der Waals surface area contributed by atoms with Gasteiger partial charge in [-0.15, -0.1) is 0 Å². The lowest BCUT2D eigenvalue weighted by molar-refractivity contribution is 0.0607. The van der Waals surface area contributed by atoms with Gasteiger partial charge in [-0.1, -0.05) is 6.07 Å². The van der Waals surface area contributed by atoms with E-state index in [2.05, 4.69) is 5.32 Å². The Morgan fingerprint density at radius 2 is 2.05 bits per heavy atom. The third-order valence-electron chi connectivity index (χ3n) is 4.94. The Bertz CT molecular complexity index is 510. The fourth-order valence-electron chi connectivity index (χ4n) is 3.45. The number of nitrogens with two attached hydrogens (primary N) is 1. The number of nitrogens with one attached hydrogen (secondary N) is 1. The van der Waals surface area contributed by atoms with Crippen molar-refractivity contribution in [3.8, 4) is 0 Å². The number of benzene rings is 1. The zero-order chi connectivity index (χ0) is 14.2. The molecular formula is C16H23N3O. The molecule has 2 aliphatic heterocycles. The third-order valence-corrected chi connectivity index (χ3v) is 4.94. The van der Waals surface area contributed by atoms with Crippen LogP contribution in [0.3, 0.4) is 0 Å². The molecule has 0 aromatic heterocycles. The molecular weight excluding hydrogens is 250 g/mol. The number of hydrogen-bond donors (Lipinski definition) is 2. The molecule has 2 saturated heterocycles. The number of nitrogen functional groups attached to an aromatic ring is 1. The van der Waals surface area contributed by atoms with Crippen LogP contribution in [0.4, 0.5) is 5.69 Å². The van der Waals surface area contributed by atoms with Crippen LogP contribution in [0.1, 0.15) is 35.2 Å². The van der Waals surface area contributed by atoms with E-state index < -0.39 is 0 Å². The summed E-state index contributed by atoms with van der Waals surface area (Å²) < 4.78 is 0. The molecule has 1 amide bonds. The van der Waals surface area contributed by atoms with E-state index in [0.717, 1.165) is 50.1 Å². The fraction of sp³-hybridized carbons (Fsp3) is 0.562. The van der Waals surface area contributed by atoms with E-state index in [1.807, 2.05) is 24.0 Å². The van der Waals surface area contributed by atoms with Crippen molar-refractivity contribution in [2.24, 2.45) is 5.41 Å². The normalized spacial score (nSPS) is 21.4. The molecule has 1 aromatic carbocycles. The number of aryl methyl sites for hydroxylation is 1. The van der Waals surface area contributed by atoms with Crippen LogP contribution in [0.2, 0.25) is 0 Å². The number of hydrogen-bond acceptors (Lipinski definition) is 3. The Morgan fingerprint density at radius 1 is 1.30 bits per heavy atom. The summed E-state index contributed by atoms with van der Waals surface area (Å²) >= 11 is 0. The van der Waals surface area contributed by atoms with E-state index in [9.17, 15) is 4.79 Å². The number of carbonyl (C=O) groups is 1. The van der Waals surface area contributed by atoms with E-state index in [0.29, 0.717) is 11.1 Å². The second-order valence-corrected chi connectivity index (χ2v) is 6.29. The van der Waals surface area contributed by atoms with Crippen LogP contribution in [-0.2, 0) is 0 Å². The second kappa shape index (κ2) is 5.09. The van der Waals surface area contributed by atoms with Gasteiger partial charge in [-0.25, -0.2) is 0 Å². The number of anilines is 1. The molecule has 4 nitrogen and oxygen atoms in total. The van der Waals surface area contributed by atoms with Gasteiger partial charge in [0.15, 0.2) is 0 Å². The standard InChI is InChI=1S/C16H23N3O/c1-12-2-3-13(17)10-14(12)15(20)19-8-5-16(6-9-19)4-7-18-11-16/h2-3,10,18H,4-9,11,17H2,1H3. The molecule has 0 aliphatic carbocycles. The Kier molecular flexibility index (Phi) is 3.42. The van der Waals surface area contributed by atoms with Crippen molar-refractivity contribution in [1.29, 1.82) is 0 Å². The van der Waals surface area contributed by atoms with Crippen LogP contribution in [0.25, 0.3) is 0 Å². The largest absolute Gasteiger partial charge is 0.399 e. The Morgan fingerprint density at radius 3 is 2.70 bits per heavy atom. The summed E-state index contributed by atoms with van der Waals surface area (Å²) in [6, 6.07) is 5.58. The molecule has 2 fully saturated rings. The molecule has 4 heteroatoms. The van der Waals surface area contributed by atoms with Crippen molar-refractivity contribution in [3.05, 3.63) is 29.3 Å². The highest BCUT2D eigenvalue weighted by Crippen LogP contribution is 2.37. The SMILES string of the molecule is Cc1ccc(N)cc1C(=O)N1CCC2(CCNC2)CC1. The minimum absolute atomic E-state index is 0.135. The second-order valence-electron chi connectivity index (χ2n) is 6.29. The molecule has 20 heavy (non-hydrogen) atoms. The molecule has 0 unspecified atom stereocenters. The third kappa shape index (κ3) is 2.40. The van der Waals surface area contributed by atoms with E-state index in [4.69, 9.17) is 5.73 Å². The van der Waals surface area contributed by atoms with Crippen molar-refractivity contribution >= 4 is 11.6 Å². The molecule has 3 N–H and O–H groups in total. The van der Waals surface area contributed by atoms with Crippen LogP contribution in [0.5, 0.6) is 0 Å². The minimum Gasteiger partial charge on any atom is -0.399 e. The van der Waals surface area contributed by atoms with Gasteiger partial charge in [-0.05, 0) is 55.8 Å². The highest BCUT2D eigenvalue weighted by Gasteiger charge is 2.38. The van der Waals surface area contributed by atoms with Gasteiger partial charge in [0.2, 0.25) is 0 Å². The number of piperidine rings is 1. The molecule has 2 aliphatic rings. The molecule has 3 rings (SSSR count). The zero-order valence-electron chi connectivity index (χ0n) is 12.1. The van der Waals surface area contributed by atoms with Crippen molar-refractivity contribution < 1.29 is 4.79 Å². The maximum atomic E-state index is 12.6. The van der Waals surface area contributed by atoms with Crippen LogP contribution < -0.4 is 11.1 Å².